The van der Waals surface area contributed by atoms with E-state index >= 15 is 0 Å². The third kappa shape index (κ3) is 4.20. The Morgan fingerprint density at radius 1 is 1.19 bits per heavy atom. The standard InChI is InChI=1S/C18H32N2O5S/c1-9(2)12(16-14(22)13(21)15(23)18(25-16)26-3)19-17(24)11-6-7-20(11)8-10-4-5-10/h9-16,18,21-23H,4-8H2,1-3H3,(H,19,24)/t11?,12?,13-,14+,15+,16+,18+/m1/s1. The zero-order valence-electron chi connectivity index (χ0n) is 15.7. The number of aliphatic hydroxyl groups excluding tert-OH is 3. The molecule has 8 heteroatoms. The van der Waals surface area contributed by atoms with E-state index < -0.39 is 35.9 Å². The minimum Gasteiger partial charge on any atom is -0.388 e. The molecule has 7 atom stereocenters. The average Bonchev–Trinajstić information content (AvgIpc) is 3.39. The number of carbonyl (C=O) groups excluding carboxylic acids is 1. The van der Waals surface area contributed by atoms with E-state index in [0.29, 0.717) is 0 Å². The van der Waals surface area contributed by atoms with E-state index in [1.165, 1.54) is 24.6 Å². The van der Waals surface area contributed by atoms with Gasteiger partial charge in [0.2, 0.25) is 5.91 Å². The number of rotatable bonds is 7. The topological polar surface area (TPSA) is 102 Å². The summed E-state index contributed by atoms with van der Waals surface area (Å²) < 4.78 is 5.86. The maximum atomic E-state index is 12.8. The van der Waals surface area contributed by atoms with Crippen LogP contribution in [-0.4, -0.2) is 87.4 Å². The third-order valence-electron chi connectivity index (χ3n) is 5.84. The second-order valence-electron chi connectivity index (χ2n) is 8.20. The highest BCUT2D eigenvalue weighted by atomic mass is 32.2. The van der Waals surface area contributed by atoms with Gasteiger partial charge in [-0.1, -0.05) is 13.8 Å². The van der Waals surface area contributed by atoms with Gasteiger partial charge < -0.3 is 25.4 Å². The van der Waals surface area contributed by atoms with Crippen molar-refractivity contribution in [3.05, 3.63) is 0 Å². The summed E-state index contributed by atoms with van der Waals surface area (Å²) in [6, 6.07) is -0.540. The quantitative estimate of drug-likeness (QED) is 0.478. The van der Waals surface area contributed by atoms with E-state index in [0.717, 1.165) is 25.4 Å². The van der Waals surface area contributed by atoms with Crippen LogP contribution in [0.1, 0.15) is 33.1 Å². The van der Waals surface area contributed by atoms with Gasteiger partial charge in [-0.15, -0.1) is 11.8 Å². The monoisotopic (exact) mass is 388 g/mol. The highest BCUT2D eigenvalue weighted by Gasteiger charge is 2.48. The van der Waals surface area contributed by atoms with E-state index in [9.17, 15) is 20.1 Å². The second-order valence-corrected chi connectivity index (χ2v) is 9.13. The van der Waals surface area contributed by atoms with Crippen molar-refractivity contribution in [2.75, 3.05) is 19.3 Å². The van der Waals surface area contributed by atoms with Gasteiger partial charge in [-0.25, -0.2) is 0 Å². The summed E-state index contributed by atoms with van der Waals surface area (Å²) in [7, 11) is 0. The lowest BCUT2D eigenvalue weighted by Gasteiger charge is -2.46. The zero-order chi connectivity index (χ0) is 19.0. The number of aliphatic hydroxyl groups is 3. The molecule has 0 aromatic carbocycles. The van der Waals surface area contributed by atoms with Crippen LogP contribution >= 0.6 is 11.8 Å². The van der Waals surface area contributed by atoms with Crippen LogP contribution in [0.25, 0.3) is 0 Å². The molecule has 1 aliphatic carbocycles. The van der Waals surface area contributed by atoms with E-state index in [-0.39, 0.29) is 17.9 Å². The van der Waals surface area contributed by atoms with E-state index in [1.54, 1.807) is 6.26 Å². The summed E-state index contributed by atoms with van der Waals surface area (Å²) >= 11 is 1.28. The highest BCUT2D eigenvalue weighted by Crippen LogP contribution is 2.33. The molecule has 3 aliphatic rings. The molecule has 4 N–H and O–H groups in total. The molecule has 3 fully saturated rings. The number of thioether (sulfide) groups is 1. The molecule has 2 unspecified atom stereocenters. The lowest BCUT2D eigenvalue weighted by molar-refractivity contribution is -0.208. The highest BCUT2D eigenvalue weighted by molar-refractivity contribution is 7.99. The molecule has 7 nitrogen and oxygen atoms in total. The average molecular weight is 389 g/mol. The first-order valence-electron chi connectivity index (χ1n) is 9.60. The molecule has 0 aromatic rings. The van der Waals surface area contributed by atoms with Gasteiger partial charge in [-0.2, -0.15) is 0 Å². The molecule has 2 heterocycles. The van der Waals surface area contributed by atoms with Crippen molar-refractivity contribution in [3.63, 3.8) is 0 Å². The van der Waals surface area contributed by atoms with Crippen LogP contribution in [0.5, 0.6) is 0 Å². The van der Waals surface area contributed by atoms with E-state index in [2.05, 4.69) is 10.2 Å². The molecule has 0 bridgehead atoms. The van der Waals surface area contributed by atoms with Crippen molar-refractivity contribution >= 4 is 17.7 Å². The first-order chi connectivity index (χ1) is 12.3. The van der Waals surface area contributed by atoms with Gasteiger partial charge in [-0.05, 0) is 37.4 Å². The van der Waals surface area contributed by atoms with Gasteiger partial charge in [0.15, 0.2) is 0 Å². The zero-order valence-corrected chi connectivity index (χ0v) is 16.6. The molecule has 26 heavy (non-hydrogen) atoms. The number of amides is 1. The Kier molecular flexibility index (Phi) is 6.52. The smallest absolute Gasteiger partial charge is 0.237 e. The fourth-order valence-electron chi connectivity index (χ4n) is 3.84. The van der Waals surface area contributed by atoms with Crippen LogP contribution in [0.2, 0.25) is 0 Å². The summed E-state index contributed by atoms with van der Waals surface area (Å²) in [4.78, 5) is 15.0. The molecule has 0 spiro atoms. The van der Waals surface area contributed by atoms with E-state index in [1.807, 2.05) is 13.8 Å². The van der Waals surface area contributed by atoms with Crippen molar-refractivity contribution < 1.29 is 24.9 Å². The summed E-state index contributed by atoms with van der Waals surface area (Å²) in [5.41, 5.74) is -0.633. The molecule has 0 aromatic heterocycles. The fourth-order valence-corrected chi connectivity index (χ4v) is 4.52. The third-order valence-corrected chi connectivity index (χ3v) is 6.70. The fraction of sp³-hybridized carbons (Fsp3) is 0.944. The van der Waals surface area contributed by atoms with Crippen LogP contribution in [0, 0.1) is 11.8 Å². The van der Waals surface area contributed by atoms with Crippen molar-refractivity contribution in [3.8, 4) is 0 Å². The molecule has 0 radical (unpaired) electrons. The first kappa shape index (κ1) is 20.4. The first-order valence-corrected chi connectivity index (χ1v) is 10.9. The maximum absolute atomic E-state index is 12.8. The summed E-state index contributed by atoms with van der Waals surface area (Å²) in [5.74, 6) is 0.724. The molecule has 1 amide bonds. The molecule has 150 valence electrons. The van der Waals surface area contributed by atoms with Crippen LogP contribution in [0.4, 0.5) is 0 Å². The molecule has 1 saturated carbocycles. The number of likely N-dealkylation sites (tertiary alicyclic amines) is 1. The lowest BCUT2D eigenvalue weighted by atomic mass is 9.88. The van der Waals surface area contributed by atoms with Crippen molar-refractivity contribution in [1.29, 1.82) is 0 Å². The summed E-state index contributed by atoms with van der Waals surface area (Å²) in [6.45, 7) is 5.86. The normalized spacial score (nSPS) is 39.5. The number of ether oxygens (including phenoxy) is 1. The molecule has 2 aliphatic heterocycles. The predicted molar refractivity (Wildman–Crippen MR) is 99.7 cm³/mol. The SMILES string of the molecule is CS[C@@H]1O[C@@H](C(NC(=O)C2CCN2CC2CC2)C(C)C)[C@@H](O)[C@@H](O)[C@@H]1O. The van der Waals surface area contributed by atoms with Gasteiger partial charge in [-0.3, -0.25) is 9.69 Å². The van der Waals surface area contributed by atoms with Crippen molar-refractivity contribution in [2.45, 2.75) is 75.0 Å². The predicted octanol–water partition coefficient (Wildman–Crippen LogP) is -0.218. The number of carbonyl (C=O) groups is 1. The molecule has 2 saturated heterocycles. The van der Waals surface area contributed by atoms with Gasteiger partial charge in [0.05, 0.1) is 12.1 Å². The maximum Gasteiger partial charge on any atom is 0.237 e. The number of nitrogens with one attached hydrogen (secondary N) is 1. The Bertz CT molecular complexity index is 502. The number of nitrogens with zero attached hydrogens (tertiary/aromatic N) is 1. The second kappa shape index (κ2) is 8.32. The largest absolute Gasteiger partial charge is 0.388 e. The molecule has 3 rings (SSSR count). The van der Waals surface area contributed by atoms with Crippen molar-refractivity contribution in [2.24, 2.45) is 11.8 Å². The van der Waals surface area contributed by atoms with Crippen LogP contribution in [0.15, 0.2) is 0 Å². The van der Waals surface area contributed by atoms with Crippen molar-refractivity contribution in [1.82, 2.24) is 10.2 Å². The minimum absolute atomic E-state index is 0.0144. The lowest BCUT2D eigenvalue weighted by Crippen LogP contribution is -2.66. The van der Waals surface area contributed by atoms with Gasteiger partial charge in [0, 0.05) is 13.1 Å². The van der Waals surface area contributed by atoms with Gasteiger partial charge in [0.25, 0.3) is 0 Å². The molecular formula is C18H32N2O5S. The van der Waals surface area contributed by atoms with Gasteiger partial charge >= 0.3 is 0 Å². The Balaban J connectivity index is 1.65. The van der Waals surface area contributed by atoms with Crippen LogP contribution in [-0.2, 0) is 9.53 Å². The molecular weight excluding hydrogens is 356 g/mol. The minimum atomic E-state index is -1.29. The Labute approximate surface area is 159 Å². The Hall–Kier alpha value is -0.380. The van der Waals surface area contributed by atoms with E-state index in [4.69, 9.17) is 4.74 Å². The van der Waals surface area contributed by atoms with Crippen LogP contribution in [0.3, 0.4) is 0 Å². The van der Waals surface area contributed by atoms with Crippen LogP contribution < -0.4 is 5.32 Å². The number of hydrogen-bond acceptors (Lipinski definition) is 7. The Morgan fingerprint density at radius 3 is 2.38 bits per heavy atom. The Morgan fingerprint density at radius 2 is 1.88 bits per heavy atom. The summed E-state index contributed by atoms with van der Waals surface area (Å²) in [5, 5.41) is 33.7. The number of hydrogen-bond donors (Lipinski definition) is 4. The summed E-state index contributed by atoms with van der Waals surface area (Å²) in [6.07, 6.45) is 0.710. The van der Waals surface area contributed by atoms with Gasteiger partial charge in [0.1, 0.15) is 29.9 Å².